The molecule has 16 heavy (non-hydrogen) atoms. The van der Waals surface area contributed by atoms with Gasteiger partial charge in [-0.3, -0.25) is 9.36 Å². The summed E-state index contributed by atoms with van der Waals surface area (Å²) in [6.45, 7) is 5.36. The minimum absolute atomic E-state index is 0.0287. The van der Waals surface area contributed by atoms with Crippen molar-refractivity contribution in [3.8, 4) is 0 Å². The molecule has 1 heterocycles. The zero-order valence-corrected chi connectivity index (χ0v) is 9.57. The number of nitrogens with zero attached hydrogens (tertiary/aromatic N) is 1. The second-order valence-electron chi connectivity index (χ2n) is 4.15. The Hall–Kier alpha value is -1.84. The zero-order chi connectivity index (χ0) is 11.9. The number of benzene rings is 1. The van der Waals surface area contributed by atoms with Crippen LogP contribution in [0, 0.1) is 0 Å². The third-order valence-electron chi connectivity index (χ3n) is 2.63. The van der Waals surface area contributed by atoms with Gasteiger partial charge in [0, 0.05) is 11.6 Å². The number of carbonyl (C=O) groups is 1. The largest absolute Gasteiger partial charge is 0.326 e. The lowest BCUT2D eigenvalue weighted by atomic mass is 10.1. The van der Waals surface area contributed by atoms with Crippen LogP contribution in [0.5, 0.6) is 0 Å². The van der Waals surface area contributed by atoms with Gasteiger partial charge in [-0.1, -0.05) is 6.07 Å². The molecule has 1 aromatic carbocycles. The van der Waals surface area contributed by atoms with Crippen molar-refractivity contribution < 1.29 is 4.79 Å². The van der Waals surface area contributed by atoms with E-state index in [0.717, 1.165) is 0 Å². The molecule has 0 radical (unpaired) electrons. The molecule has 0 amide bonds. The zero-order valence-electron chi connectivity index (χ0n) is 9.57. The van der Waals surface area contributed by atoms with Crippen molar-refractivity contribution in [2.45, 2.75) is 26.8 Å². The first-order valence-electron chi connectivity index (χ1n) is 5.26. The molecule has 2 rings (SSSR count). The summed E-state index contributed by atoms with van der Waals surface area (Å²) in [6.07, 6.45) is 0. The summed E-state index contributed by atoms with van der Waals surface area (Å²) in [6, 6.07) is 5.36. The molecule has 4 heteroatoms. The molecule has 0 unspecified atom stereocenters. The number of para-hydroxylation sites is 1. The lowest BCUT2D eigenvalue weighted by molar-refractivity contribution is 0.101. The van der Waals surface area contributed by atoms with Gasteiger partial charge in [-0.05, 0) is 32.9 Å². The van der Waals surface area contributed by atoms with Crippen molar-refractivity contribution in [2.75, 3.05) is 0 Å². The van der Waals surface area contributed by atoms with Crippen LogP contribution in [0.15, 0.2) is 23.0 Å². The Balaban J connectivity index is 2.94. The molecule has 0 spiro atoms. The summed E-state index contributed by atoms with van der Waals surface area (Å²) >= 11 is 0. The van der Waals surface area contributed by atoms with Gasteiger partial charge in [0.05, 0.1) is 11.0 Å². The lowest BCUT2D eigenvalue weighted by Crippen LogP contribution is -2.19. The fourth-order valence-corrected chi connectivity index (χ4v) is 1.96. The van der Waals surface area contributed by atoms with Crippen molar-refractivity contribution in [3.05, 3.63) is 34.2 Å². The lowest BCUT2D eigenvalue weighted by Gasteiger charge is -2.09. The van der Waals surface area contributed by atoms with E-state index in [2.05, 4.69) is 4.98 Å². The van der Waals surface area contributed by atoms with Gasteiger partial charge in [-0.15, -0.1) is 0 Å². The summed E-state index contributed by atoms with van der Waals surface area (Å²) in [5.74, 6) is -0.0287. The minimum Gasteiger partial charge on any atom is -0.306 e. The first-order chi connectivity index (χ1) is 7.52. The van der Waals surface area contributed by atoms with E-state index < -0.39 is 0 Å². The van der Waals surface area contributed by atoms with E-state index in [0.29, 0.717) is 16.6 Å². The predicted molar refractivity (Wildman–Crippen MR) is 62.9 cm³/mol. The van der Waals surface area contributed by atoms with E-state index in [-0.39, 0.29) is 17.5 Å². The second kappa shape index (κ2) is 3.63. The van der Waals surface area contributed by atoms with Crippen LogP contribution in [0.1, 0.15) is 37.2 Å². The quantitative estimate of drug-likeness (QED) is 0.785. The van der Waals surface area contributed by atoms with Crippen LogP contribution in [-0.4, -0.2) is 15.3 Å². The minimum atomic E-state index is -0.168. The van der Waals surface area contributed by atoms with Crippen LogP contribution in [0.25, 0.3) is 11.0 Å². The van der Waals surface area contributed by atoms with Gasteiger partial charge in [-0.2, -0.15) is 0 Å². The van der Waals surface area contributed by atoms with Crippen LogP contribution in [0.3, 0.4) is 0 Å². The highest BCUT2D eigenvalue weighted by molar-refractivity contribution is 6.05. The molecule has 0 atom stereocenters. The van der Waals surface area contributed by atoms with Gasteiger partial charge in [0.15, 0.2) is 5.78 Å². The third-order valence-corrected chi connectivity index (χ3v) is 2.63. The van der Waals surface area contributed by atoms with E-state index in [1.54, 1.807) is 16.7 Å². The van der Waals surface area contributed by atoms with Crippen LogP contribution in [0.2, 0.25) is 0 Å². The van der Waals surface area contributed by atoms with Crippen molar-refractivity contribution in [2.24, 2.45) is 0 Å². The fraction of sp³-hybridized carbons (Fsp3) is 0.333. The van der Waals surface area contributed by atoms with Gasteiger partial charge in [0.25, 0.3) is 0 Å². The maximum Gasteiger partial charge on any atom is 0.326 e. The maximum atomic E-state index is 11.8. The van der Waals surface area contributed by atoms with Gasteiger partial charge >= 0.3 is 5.69 Å². The van der Waals surface area contributed by atoms with Crippen molar-refractivity contribution in [3.63, 3.8) is 0 Å². The maximum absolute atomic E-state index is 11.8. The number of fused-ring (bicyclic) bond motifs is 1. The summed E-state index contributed by atoms with van der Waals surface area (Å²) in [4.78, 5) is 26.0. The highest BCUT2D eigenvalue weighted by Crippen LogP contribution is 2.19. The van der Waals surface area contributed by atoms with Crippen LogP contribution < -0.4 is 5.69 Å². The molecule has 0 fully saturated rings. The molecule has 84 valence electrons. The molecule has 2 aromatic rings. The Labute approximate surface area is 92.9 Å². The smallest absolute Gasteiger partial charge is 0.306 e. The van der Waals surface area contributed by atoms with Gasteiger partial charge in [-0.25, -0.2) is 4.79 Å². The number of aromatic nitrogens is 2. The van der Waals surface area contributed by atoms with Crippen molar-refractivity contribution in [1.29, 1.82) is 0 Å². The number of carbonyl (C=O) groups excluding carboxylic acids is 1. The van der Waals surface area contributed by atoms with E-state index in [1.165, 1.54) is 6.92 Å². The Morgan fingerprint density at radius 1 is 1.38 bits per heavy atom. The van der Waals surface area contributed by atoms with Crippen LogP contribution >= 0.6 is 0 Å². The average molecular weight is 218 g/mol. The van der Waals surface area contributed by atoms with E-state index >= 15 is 0 Å². The molecule has 0 saturated heterocycles. The molecule has 4 nitrogen and oxygen atoms in total. The molecule has 1 aromatic heterocycles. The van der Waals surface area contributed by atoms with E-state index in [4.69, 9.17) is 0 Å². The van der Waals surface area contributed by atoms with Crippen LogP contribution in [0.4, 0.5) is 0 Å². The fourth-order valence-electron chi connectivity index (χ4n) is 1.96. The molecule has 0 aliphatic rings. The summed E-state index contributed by atoms with van der Waals surface area (Å²) in [7, 11) is 0. The number of rotatable bonds is 2. The highest BCUT2D eigenvalue weighted by Gasteiger charge is 2.14. The standard InChI is InChI=1S/C12H14N2O2/c1-7(2)14-11-9(8(3)15)5-4-6-10(11)13-12(14)16/h4-7H,1-3H3,(H,13,16). The Morgan fingerprint density at radius 2 is 2.06 bits per heavy atom. The SMILES string of the molecule is CC(=O)c1cccc2[nH]c(=O)n(C(C)C)c12. The number of aromatic amines is 1. The molecular formula is C12H14N2O2. The van der Waals surface area contributed by atoms with Crippen molar-refractivity contribution in [1.82, 2.24) is 9.55 Å². The number of H-pyrrole nitrogens is 1. The van der Waals surface area contributed by atoms with Crippen LogP contribution in [-0.2, 0) is 0 Å². The van der Waals surface area contributed by atoms with Gasteiger partial charge < -0.3 is 4.98 Å². The third kappa shape index (κ3) is 1.46. The number of hydrogen-bond donors (Lipinski definition) is 1. The topological polar surface area (TPSA) is 54.9 Å². The molecular weight excluding hydrogens is 204 g/mol. The van der Waals surface area contributed by atoms with E-state index in [1.807, 2.05) is 19.9 Å². The second-order valence-corrected chi connectivity index (χ2v) is 4.15. The monoisotopic (exact) mass is 218 g/mol. The number of Topliss-reactive ketones (excluding diaryl/α,β-unsaturated/α-hetero) is 1. The molecule has 0 aliphatic carbocycles. The Morgan fingerprint density at radius 3 is 2.62 bits per heavy atom. The number of imidazole rings is 1. The van der Waals surface area contributed by atoms with Gasteiger partial charge in [0.1, 0.15) is 0 Å². The summed E-state index contributed by atoms with van der Waals surface area (Å²) in [5, 5.41) is 0. The molecule has 0 bridgehead atoms. The normalized spacial score (nSPS) is 11.2. The molecule has 1 N–H and O–H groups in total. The number of ketones is 1. The Bertz CT molecular complexity index is 605. The average Bonchev–Trinajstić information content (AvgIpc) is 2.52. The first-order valence-corrected chi connectivity index (χ1v) is 5.26. The van der Waals surface area contributed by atoms with E-state index in [9.17, 15) is 9.59 Å². The van der Waals surface area contributed by atoms with Gasteiger partial charge in [0.2, 0.25) is 0 Å². The summed E-state index contributed by atoms with van der Waals surface area (Å²) in [5.41, 5.74) is 1.84. The summed E-state index contributed by atoms with van der Waals surface area (Å²) < 4.78 is 1.62. The molecule has 0 aliphatic heterocycles. The first kappa shape index (κ1) is 10.7. The Kier molecular flexibility index (Phi) is 2.42. The molecule has 0 saturated carbocycles. The number of nitrogens with one attached hydrogen (secondary N) is 1. The van der Waals surface area contributed by atoms with Crippen molar-refractivity contribution >= 4 is 16.8 Å². The number of hydrogen-bond acceptors (Lipinski definition) is 2. The predicted octanol–water partition coefficient (Wildman–Crippen LogP) is 2.11. The highest BCUT2D eigenvalue weighted by atomic mass is 16.1.